The molecule has 0 rings (SSSR count). The molecule has 0 spiro atoms. The number of hydrogen-bond donors (Lipinski definition) is 0. The summed E-state index contributed by atoms with van der Waals surface area (Å²) in [5.41, 5.74) is 0. The first kappa shape index (κ1) is 25.1. The second kappa shape index (κ2) is 21.4. The van der Waals surface area contributed by atoms with Gasteiger partial charge in [-0.15, -0.1) is 0 Å². The van der Waals surface area contributed by atoms with Crippen LogP contribution in [-0.2, 0) is 4.79 Å². The molecule has 0 amide bonds. The summed E-state index contributed by atoms with van der Waals surface area (Å²) in [7, 11) is 0. The minimum absolute atomic E-state index is 0. The number of carbonyl (C=O) groups excluding carboxylic acids is 1. The zero-order valence-corrected chi connectivity index (χ0v) is 14.9. The van der Waals surface area contributed by atoms with Gasteiger partial charge in [-0.05, 0) is 12.8 Å². The fourth-order valence-corrected chi connectivity index (χ4v) is 1.93. The van der Waals surface area contributed by atoms with E-state index in [0.29, 0.717) is 0 Å². The molecule has 0 aromatic carbocycles. The molecule has 0 atom stereocenters. The molecule has 0 aliphatic heterocycles. The molecule has 0 aliphatic rings. The summed E-state index contributed by atoms with van der Waals surface area (Å²) >= 11 is 0. The summed E-state index contributed by atoms with van der Waals surface area (Å²) in [6.07, 6.45) is 14.0. The maximum atomic E-state index is 10.1. The van der Waals surface area contributed by atoms with E-state index in [9.17, 15) is 9.90 Å². The standard InChI is InChI=1S/C14H28O2.K.Na.H/c1-2-3-4-5-6-7-8-9-10-11-12-13-14(15)16;;;/h2-13H2,1H3,(H,15,16);;;/q;+1;;/p-1. The Hall–Kier alpha value is 2.11. The second-order valence-corrected chi connectivity index (χ2v) is 4.66. The second-order valence-electron chi connectivity index (χ2n) is 4.66. The Morgan fingerprint density at radius 3 is 1.44 bits per heavy atom. The van der Waals surface area contributed by atoms with E-state index in [-0.39, 0.29) is 87.4 Å². The molecule has 18 heavy (non-hydrogen) atoms. The van der Waals surface area contributed by atoms with Crippen LogP contribution in [0.25, 0.3) is 0 Å². The van der Waals surface area contributed by atoms with E-state index in [1.807, 2.05) is 0 Å². The quantitative estimate of drug-likeness (QED) is 0.369. The van der Waals surface area contributed by atoms with Gasteiger partial charge >= 0.3 is 80.9 Å². The molecule has 0 aliphatic carbocycles. The summed E-state index contributed by atoms with van der Waals surface area (Å²) in [5, 5.41) is 10.1. The topological polar surface area (TPSA) is 40.1 Å². The van der Waals surface area contributed by atoms with Gasteiger partial charge in [-0.3, -0.25) is 0 Å². The van der Waals surface area contributed by atoms with Gasteiger partial charge in [-0.1, -0.05) is 71.1 Å². The van der Waals surface area contributed by atoms with Crippen molar-refractivity contribution in [2.45, 2.75) is 84.0 Å². The molecule has 0 heterocycles. The average molecular weight is 290 g/mol. The Morgan fingerprint density at radius 2 is 1.11 bits per heavy atom. The first-order chi connectivity index (χ1) is 7.77. The van der Waals surface area contributed by atoms with Gasteiger partial charge in [0.2, 0.25) is 0 Å². The summed E-state index contributed by atoms with van der Waals surface area (Å²) in [5.74, 6) is -0.907. The van der Waals surface area contributed by atoms with Crippen molar-refractivity contribution in [1.82, 2.24) is 0 Å². The first-order valence-corrected chi connectivity index (χ1v) is 6.97. The van der Waals surface area contributed by atoms with E-state index in [1.54, 1.807) is 0 Å². The van der Waals surface area contributed by atoms with Crippen molar-refractivity contribution in [3.05, 3.63) is 0 Å². The Labute approximate surface area is 178 Å². The summed E-state index contributed by atoms with van der Waals surface area (Å²) in [4.78, 5) is 10.1. The molecule has 0 unspecified atom stereocenters. The van der Waals surface area contributed by atoms with Gasteiger partial charge < -0.3 is 9.90 Å². The van der Waals surface area contributed by atoms with Gasteiger partial charge in [0.15, 0.2) is 0 Å². The molecule has 0 aromatic heterocycles. The van der Waals surface area contributed by atoms with E-state index < -0.39 is 5.97 Å². The molecule has 0 bridgehead atoms. The van der Waals surface area contributed by atoms with Crippen molar-refractivity contribution in [3.63, 3.8) is 0 Å². The number of unbranched alkanes of at least 4 members (excludes halogenated alkanes) is 10. The van der Waals surface area contributed by atoms with E-state index >= 15 is 0 Å². The van der Waals surface area contributed by atoms with Crippen molar-refractivity contribution in [3.8, 4) is 0 Å². The Bertz CT molecular complexity index is 166. The minimum atomic E-state index is -0.907. The predicted octanol–water partition coefficient (Wildman–Crippen LogP) is -0.207. The van der Waals surface area contributed by atoms with Gasteiger partial charge in [0.1, 0.15) is 0 Å². The Balaban J connectivity index is -0.00000112. The average Bonchev–Trinajstić information content (AvgIpc) is 2.25. The van der Waals surface area contributed by atoms with Crippen LogP contribution >= 0.6 is 0 Å². The fraction of sp³-hybridized carbons (Fsp3) is 0.929. The normalized spacial score (nSPS) is 9.39. The molecular weight excluding hydrogens is 262 g/mol. The van der Waals surface area contributed by atoms with Gasteiger partial charge in [0.25, 0.3) is 0 Å². The Kier molecular flexibility index (Phi) is 29.8. The van der Waals surface area contributed by atoms with E-state index in [1.165, 1.54) is 57.8 Å². The number of carboxylic acids is 1. The summed E-state index contributed by atoms with van der Waals surface area (Å²) < 4.78 is 0. The molecule has 0 aromatic rings. The van der Waals surface area contributed by atoms with E-state index in [0.717, 1.165) is 12.8 Å². The zero-order chi connectivity index (χ0) is 12.1. The van der Waals surface area contributed by atoms with Gasteiger partial charge in [0, 0.05) is 5.97 Å². The third-order valence-electron chi connectivity index (χ3n) is 2.98. The van der Waals surface area contributed by atoms with E-state index in [2.05, 4.69) is 6.92 Å². The third-order valence-corrected chi connectivity index (χ3v) is 2.98. The molecule has 0 saturated carbocycles. The Morgan fingerprint density at radius 1 is 0.778 bits per heavy atom. The van der Waals surface area contributed by atoms with Gasteiger partial charge in [0.05, 0.1) is 0 Å². The predicted molar refractivity (Wildman–Crippen MR) is 73.2 cm³/mol. The SMILES string of the molecule is CCCCCCCCCCCCCC(=O)[O-].[K+].[NaH]. The number of aliphatic carboxylic acids is 1. The molecule has 0 fully saturated rings. The summed E-state index contributed by atoms with van der Waals surface area (Å²) in [6, 6.07) is 0. The number of carbonyl (C=O) groups is 1. The van der Waals surface area contributed by atoms with Crippen molar-refractivity contribution in [2.75, 3.05) is 0 Å². The summed E-state index contributed by atoms with van der Waals surface area (Å²) in [6.45, 7) is 2.24. The third kappa shape index (κ3) is 23.2. The molecule has 2 nitrogen and oxygen atoms in total. The van der Waals surface area contributed by atoms with Crippen molar-refractivity contribution in [1.29, 1.82) is 0 Å². The zero-order valence-electron chi connectivity index (χ0n) is 11.8. The number of rotatable bonds is 12. The van der Waals surface area contributed by atoms with Crippen LogP contribution in [0, 0.1) is 0 Å². The van der Waals surface area contributed by atoms with Gasteiger partial charge in [-0.2, -0.15) is 0 Å². The van der Waals surface area contributed by atoms with Gasteiger partial charge in [-0.25, -0.2) is 0 Å². The van der Waals surface area contributed by atoms with Crippen LogP contribution in [-0.4, -0.2) is 35.5 Å². The van der Waals surface area contributed by atoms with Crippen LogP contribution in [0.5, 0.6) is 0 Å². The number of hydrogen-bond acceptors (Lipinski definition) is 2. The molecule has 0 radical (unpaired) electrons. The van der Waals surface area contributed by atoms with Crippen LogP contribution < -0.4 is 56.5 Å². The van der Waals surface area contributed by atoms with Crippen molar-refractivity contribution in [2.24, 2.45) is 0 Å². The van der Waals surface area contributed by atoms with Crippen LogP contribution in [0.15, 0.2) is 0 Å². The number of carboxylic acid groups (broad SMARTS) is 1. The molecule has 4 heteroatoms. The molecule has 98 valence electrons. The monoisotopic (exact) mass is 290 g/mol. The molecular formula is C14H28KNaO2. The van der Waals surface area contributed by atoms with Crippen molar-refractivity contribution < 1.29 is 61.3 Å². The molecule has 0 N–H and O–H groups in total. The van der Waals surface area contributed by atoms with Crippen LogP contribution in [0.1, 0.15) is 84.0 Å². The fourth-order valence-electron chi connectivity index (χ4n) is 1.93. The van der Waals surface area contributed by atoms with E-state index in [4.69, 9.17) is 0 Å². The van der Waals surface area contributed by atoms with Crippen LogP contribution in [0.4, 0.5) is 0 Å². The maximum absolute atomic E-state index is 10.1. The van der Waals surface area contributed by atoms with Crippen molar-refractivity contribution >= 4 is 35.5 Å². The first-order valence-electron chi connectivity index (χ1n) is 6.97. The van der Waals surface area contributed by atoms with Crippen LogP contribution in [0.2, 0.25) is 0 Å². The molecule has 0 saturated heterocycles. The van der Waals surface area contributed by atoms with Crippen LogP contribution in [0.3, 0.4) is 0 Å².